The second-order valence-electron chi connectivity index (χ2n) is 2.57. The van der Waals surface area contributed by atoms with Gasteiger partial charge in [0.05, 0.1) is 11.5 Å². The van der Waals surface area contributed by atoms with Crippen LogP contribution in [-0.2, 0) is 0 Å². The molecule has 0 heterocycles. The number of ether oxygens (including phenoxy) is 1. The van der Waals surface area contributed by atoms with E-state index in [0.29, 0.717) is 12.4 Å². The van der Waals surface area contributed by atoms with E-state index in [2.05, 4.69) is 0 Å². The van der Waals surface area contributed by atoms with Crippen molar-refractivity contribution in [1.29, 1.82) is 0 Å². The molecule has 6 heteroatoms. The van der Waals surface area contributed by atoms with Crippen LogP contribution in [0.3, 0.4) is 0 Å². The molecule has 0 aromatic heterocycles. The van der Waals surface area contributed by atoms with Crippen molar-refractivity contribution in [1.82, 2.24) is 6.15 Å². The Hall–Kier alpha value is -1.33. The van der Waals surface area contributed by atoms with Gasteiger partial charge in [-0.1, -0.05) is 19.1 Å². The molecule has 0 radical (unpaired) electrons. The maximum atomic E-state index is 10.5. The Balaban J connectivity index is 0. The van der Waals surface area contributed by atoms with Gasteiger partial charge in [0.25, 0.3) is 0 Å². The zero-order valence-electron chi connectivity index (χ0n) is 8.51. The Morgan fingerprint density at radius 1 is 1.40 bits per heavy atom. The highest BCUT2D eigenvalue weighted by Crippen LogP contribution is 2.25. The Bertz CT molecular complexity index is 307. The molecule has 0 saturated carbocycles. The Kier molecular flexibility index (Phi) is 8.61. The lowest BCUT2D eigenvalue weighted by molar-refractivity contribution is -0.385. The van der Waals surface area contributed by atoms with Crippen LogP contribution >= 0.6 is 12.4 Å². The minimum atomic E-state index is -0.439. The molecule has 0 unspecified atom stereocenters. The van der Waals surface area contributed by atoms with Crippen LogP contribution in [0.25, 0.3) is 0 Å². The van der Waals surface area contributed by atoms with Crippen LogP contribution in [0.15, 0.2) is 24.3 Å². The third-order valence-electron chi connectivity index (χ3n) is 1.52. The van der Waals surface area contributed by atoms with Crippen molar-refractivity contribution < 1.29 is 9.66 Å². The van der Waals surface area contributed by atoms with Crippen molar-refractivity contribution >= 4 is 18.1 Å². The van der Waals surface area contributed by atoms with Crippen LogP contribution in [0.5, 0.6) is 5.75 Å². The maximum Gasteiger partial charge on any atom is 0.310 e. The summed E-state index contributed by atoms with van der Waals surface area (Å²) in [7, 11) is 0. The van der Waals surface area contributed by atoms with Gasteiger partial charge in [-0.15, -0.1) is 12.4 Å². The SMILES string of the molecule is CCCOc1ccccc1[N+](=O)[O-].Cl.N. The molecular weight excluding hydrogens is 220 g/mol. The molecule has 0 spiro atoms. The highest BCUT2D eigenvalue weighted by molar-refractivity contribution is 5.85. The first kappa shape index (κ1) is 16.1. The lowest BCUT2D eigenvalue weighted by Crippen LogP contribution is -1.98. The van der Waals surface area contributed by atoms with E-state index < -0.39 is 4.92 Å². The lowest BCUT2D eigenvalue weighted by Gasteiger charge is -2.03. The summed E-state index contributed by atoms with van der Waals surface area (Å²) in [5.74, 6) is 0.342. The van der Waals surface area contributed by atoms with Crippen molar-refractivity contribution in [3.8, 4) is 5.75 Å². The van der Waals surface area contributed by atoms with Gasteiger partial charge in [0.15, 0.2) is 5.75 Å². The third kappa shape index (κ3) is 4.62. The molecule has 0 bridgehead atoms. The molecular formula is C9H15ClN2O3. The fraction of sp³-hybridized carbons (Fsp3) is 0.333. The number of hydrogen-bond acceptors (Lipinski definition) is 4. The van der Waals surface area contributed by atoms with Crippen LogP contribution in [0.4, 0.5) is 5.69 Å². The smallest absolute Gasteiger partial charge is 0.310 e. The van der Waals surface area contributed by atoms with Gasteiger partial charge in [0, 0.05) is 6.07 Å². The predicted octanol–water partition coefficient (Wildman–Crippen LogP) is 2.97. The minimum absolute atomic E-state index is 0. The van der Waals surface area contributed by atoms with E-state index in [4.69, 9.17) is 4.74 Å². The van der Waals surface area contributed by atoms with Crippen LogP contribution in [-0.4, -0.2) is 11.5 Å². The number of nitrogens with zero attached hydrogens (tertiary/aromatic N) is 1. The molecule has 3 N–H and O–H groups in total. The number of para-hydroxylation sites is 2. The molecule has 5 nitrogen and oxygen atoms in total. The van der Waals surface area contributed by atoms with Gasteiger partial charge in [-0.25, -0.2) is 0 Å². The van der Waals surface area contributed by atoms with E-state index in [-0.39, 0.29) is 24.2 Å². The van der Waals surface area contributed by atoms with Gasteiger partial charge in [-0.05, 0) is 12.5 Å². The minimum Gasteiger partial charge on any atom is -0.487 e. The summed E-state index contributed by atoms with van der Waals surface area (Å²) in [5.41, 5.74) is 0.0240. The Morgan fingerprint density at radius 3 is 2.53 bits per heavy atom. The quantitative estimate of drug-likeness (QED) is 0.641. The van der Waals surface area contributed by atoms with E-state index in [1.807, 2.05) is 6.92 Å². The Morgan fingerprint density at radius 2 is 2.00 bits per heavy atom. The van der Waals surface area contributed by atoms with Gasteiger partial charge in [0.2, 0.25) is 0 Å². The molecule has 0 aliphatic carbocycles. The Labute approximate surface area is 94.6 Å². The zero-order chi connectivity index (χ0) is 9.68. The van der Waals surface area contributed by atoms with Crippen molar-refractivity contribution in [2.75, 3.05) is 6.61 Å². The molecule has 1 rings (SSSR count). The molecule has 0 amide bonds. The number of halogens is 1. The van der Waals surface area contributed by atoms with Crippen LogP contribution < -0.4 is 10.9 Å². The van der Waals surface area contributed by atoms with Gasteiger partial charge in [0.1, 0.15) is 0 Å². The maximum absolute atomic E-state index is 10.5. The number of rotatable bonds is 4. The normalized spacial score (nSPS) is 8.33. The van der Waals surface area contributed by atoms with Crippen LogP contribution in [0, 0.1) is 10.1 Å². The van der Waals surface area contributed by atoms with E-state index >= 15 is 0 Å². The number of nitro benzene ring substituents is 1. The molecule has 0 fully saturated rings. The molecule has 0 aliphatic heterocycles. The third-order valence-corrected chi connectivity index (χ3v) is 1.52. The lowest BCUT2D eigenvalue weighted by atomic mass is 10.3. The summed E-state index contributed by atoms with van der Waals surface area (Å²) in [4.78, 5) is 10.1. The first-order valence-electron chi connectivity index (χ1n) is 4.12. The second kappa shape index (κ2) is 8.02. The molecule has 0 atom stereocenters. The van der Waals surface area contributed by atoms with Crippen LogP contribution in [0.2, 0.25) is 0 Å². The first-order valence-corrected chi connectivity index (χ1v) is 4.12. The van der Waals surface area contributed by atoms with Gasteiger partial charge >= 0.3 is 5.69 Å². The summed E-state index contributed by atoms with van der Waals surface area (Å²) >= 11 is 0. The van der Waals surface area contributed by atoms with E-state index in [1.165, 1.54) is 6.07 Å². The summed E-state index contributed by atoms with van der Waals surface area (Å²) in [6.45, 7) is 2.46. The summed E-state index contributed by atoms with van der Waals surface area (Å²) in [6.07, 6.45) is 0.839. The van der Waals surface area contributed by atoms with Crippen molar-refractivity contribution in [3.05, 3.63) is 34.4 Å². The average Bonchev–Trinajstić information content (AvgIpc) is 2.15. The monoisotopic (exact) mass is 234 g/mol. The fourth-order valence-electron chi connectivity index (χ4n) is 0.942. The molecule has 86 valence electrons. The molecule has 1 aromatic rings. The molecule has 0 aliphatic rings. The van der Waals surface area contributed by atoms with E-state index in [1.54, 1.807) is 18.2 Å². The highest BCUT2D eigenvalue weighted by Gasteiger charge is 2.12. The summed E-state index contributed by atoms with van der Waals surface area (Å²) < 4.78 is 5.21. The number of benzene rings is 1. The van der Waals surface area contributed by atoms with Gasteiger partial charge in [-0.3, -0.25) is 10.1 Å². The van der Waals surface area contributed by atoms with E-state index in [9.17, 15) is 10.1 Å². The summed E-state index contributed by atoms with van der Waals surface area (Å²) in [6, 6.07) is 6.38. The van der Waals surface area contributed by atoms with E-state index in [0.717, 1.165) is 6.42 Å². The van der Waals surface area contributed by atoms with Crippen molar-refractivity contribution in [3.63, 3.8) is 0 Å². The fourth-order valence-corrected chi connectivity index (χ4v) is 0.942. The zero-order valence-corrected chi connectivity index (χ0v) is 9.33. The highest BCUT2D eigenvalue weighted by atomic mass is 35.5. The summed E-state index contributed by atoms with van der Waals surface area (Å²) in [5, 5.41) is 10.5. The topological polar surface area (TPSA) is 87.4 Å². The van der Waals surface area contributed by atoms with Crippen molar-refractivity contribution in [2.45, 2.75) is 13.3 Å². The standard InChI is InChI=1S/C9H11NO3.ClH.H3N/c1-2-7-13-9-6-4-3-5-8(9)10(11)12;;/h3-6H,2,7H2,1H3;1H;1H3. The van der Waals surface area contributed by atoms with Crippen LogP contribution in [0.1, 0.15) is 13.3 Å². The second-order valence-corrected chi connectivity index (χ2v) is 2.57. The average molecular weight is 235 g/mol. The molecule has 1 aromatic carbocycles. The predicted molar refractivity (Wildman–Crippen MR) is 61.2 cm³/mol. The number of hydrogen-bond donors (Lipinski definition) is 1. The van der Waals surface area contributed by atoms with Gasteiger partial charge in [-0.2, -0.15) is 0 Å². The molecule has 15 heavy (non-hydrogen) atoms. The molecule has 0 saturated heterocycles. The number of nitro groups is 1. The largest absolute Gasteiger partial charge is 0.487 e. The first-order chi connectivity index (χ1) is 6.25. The van der Waals surface area contributed by atoms with Crippen molar-refractivity contribution in [2.24, 2.45) is 0 Å². The van der Waals surface area contributed by atoms with Gasteiger partial charge < -0.3 is 10.9 Å².